The number of nitrogens with one attached hydrogen (secondary N) is 1. The molecule has 1 aliphatic heterocycles. The summed E-state index contributed by atoms with van der Waals surface area (Å²) in [5.41, 5.74) is 1.55. The summed E-state index contributed by atoms with van der Waals surface area (Å²) in [6.07, 6.45) is 6.50. The Kier molecular flexibility index (Phi) is 6.66. The van der Waals surface area contributed by atoms with Crippen LogP contribution >= 0.6 is 11.3 Å². The average Bonchev–Trinajstić information content (AvgIpc) is 2.97. The van der Waals surface area contributed by atoms with Crippen molar-refractivity contribution in [3.63, 3.8) is 0 Å². The first kappa shape index (κ1) is 21.5. The third kappa shape index (κ3) is 4.79. The van der Waals surface area contributed by atoms with E-state index in [-0.39, 0.29) is 23.9 Å². The van der Waals surface area contributed by atoms with Crippen LogP contribution in [-0.4, -0.2) is 40.3 Å². The Morgan fingerprint density at radius 3 is 2.71 bits per heavy atom. The zero-order valence-corrected chi connectivity index (χ0v) is 19.0. The van der Waals surface area contributed by atoms with Crippen molar-refractivity contribution in [1.29, 1.82) is 0 Å². The van der Waals surface area contributed by atoms with Gasteiger partial charge in [-0.15, -0.1) is 11.3 Å². The maximum absolute atomic E-state index is 13.3. The van der Waals surface area contributed by atoms with E-state index in [4.69, 9.17) is 0 Å². The van der Waals surface area contributed by atoms with Crippen LogP contribution in [0, 0.1) is 0 Å². The average molecular weight is 436 g/mol. The Bertz CT molecular complexity index is 1060. The van der Waals surface area contributed by atoms with Gasteiger partial charge in [0.1, 0.15) is 5.69 Å². The SMILES string of the molecule is CC(C)NC(=O)c1sc2ccccc2c1C[C@@H]1CCCCCN1C(=O)c1ccccn1. The van der Waals surface area contributed by atoms with E-state index in [0.29, 0.717) is 12.1 Å². The minimum absolute atomic E-state index is 0.0137. The predicted octanol–water partition coefficient (Wildman–Crippen LogP) is 5.06. The van der Waals surface area contributed by atoms with Crippen molar-refractivity contribution in [2.75, 3.05) is 6.54 Å². The van der Waals surface area contributed by atoms with Crippen LogP contribution in [0.25, 0.3) is 10.1 Å². The maximum atomic E-state index is 13.3. The molecule has 0 unspecified atom stereocenters. The first-order chi connectivity index (χ1) is 15.0. The summed E-state index contributed by atoms with van der Waals surface area (Å²) < 4.78 is 1.11. The van der Waals surface area contributed by atoms with Gasteiger partial charge < -0.3 is 10.2 Å². The number of fused-ring (bicyclic) bond motifs is 1. The maximum Gasteiger partial charge on any atom is 0.272 e. The number of aromatic nitrogens is 1. The second kappa shape index (κ2) is 9.60. The molecule has 1 aliphatic rings. The Morgan fingerprint density at radius 1 is 1.13 bits per heavy atom. The zero-order valence-electron chi connectivity index (χ0n) is 18.1. The second-order valence-electron chi connectivity index (χ2n) is 8.45. The van der Waals surface area contributed by atoms with E-state index in [0.717, 1.165) is 52.8 Å². The summed E-state index contributed by atoms with van der Waals surface area (Å²) in [4.78, 5) is 33.4. The minimum atomic E-state index is -0.0255. The zero-order chi connectivity index (χ0) is 21.8. The predicted molar refractivity (Wildman–Crippen MR) is 126 cm³/mol. The van der Waals surface area contributed by atoms with Crippen LogP contribution in [0.3, 0.4) is 0 Å². The molecule has 6 heteroatoms. The molecule has 5 nitrogen and oxygen atoms in total. The van der Waals surface area contributed by atoms with Crippen molar-refractivity contribution >= 4 is 33.2 Å². The summed E-state index contributed by atoms with van der Waals surface area (Å²) in [5, 5.41) is 4.17. The molecule has 0 saturated carbocycles. The van der Waals surface area contributed by atoms with E-state index < -0.39 is 0 Å². The lowest BCUT2D eigenvalue weighted by molar-refractivity contribution is 0.0676. The minimum Gasteiger partial charge on any atom is -0.349 e. The molecule has 4 rings (SSSR count). The van der Waals surface area contributed by atoms with Crippen molar-refractivity contribution in [2.45, 2.75) is 58.0 Å². The Morgan fingerprint density at radius 2 is 1.94 bits per heavy atom. The van der Waals surface area contributed by atoms with Crippen LogP contribution in [0.4, 0.5) is 0 Å². The second-order valence-corrected chi connectivity index (χ2v) is 9.51. The van der Waals surface area contributed by atoms with Crippen molar-refractivity contribution in [1.82, 2.24) is 15.2 Å². The fraction of sp³-hybridized carbons (Fsp3) is 0.400. The number of pyridine rings is 1. The summed E-state index contributed by atoms with van der Waals surface area (Å²) in [7, 11) is 0. The summed E-state index contributed by atoms with van der Waals surface area (Å²) in [6, 6.07) is 13.8. The number of carbonyl (C=O) groups is 2. The van der Waals surface area contributed by atoms with Crippen LogP contribution in [0.2, 0.25) is 0 Å². The molecule has 1 atom stereocenters. The van der Waals surface area contributed by atoms with Gasteiger partial charge in [0.2, 0.25) is 0 Å². The largest absolute Gasteiger partial charge is 0.349 e. The lowest BCUT2D eigenvalue weighted by atomic mass is 9.97. The highest BCUT2D eigenvalue weighted by molar-refractivity contribution is 7.21. The molecular weight excluding hydrogens is 406 g/mol. The van der Waals surface area contributed by atoms with Gasteiger partial charge in [0.05, 0.1) is 4.88 Å². The molecule has 0 radical (unpaired) electrons. The number of rotatable bonds is 5. The molecule has 1 fully saturated rings. The van der Waals surface area contributed by atoms with Gasteiger partial charge in [0, 0.05) is 29.5 Å². The van der Waals surface area contributed by atoms with Crippen LogP contribution in [0.1, 0.15) is 65.3 Å². The van der Waals surface area contributed by atoms with Gasteiger partial charge in [-0.3, -0.25) is 14.6 Å². The van der Waals surface area contributed by atoms with Crippen molar-refractivity contribution in [3.8, 4) is 0 Å². The summed E-state index contributed by atoms with van der Waals surface area (Å²) in [5.74, 6) is -0.0392. The van der Waals surface area contributed by atoms with Crippen molar-refractivity contribution < 1.29 is 9.59 Å². The lowest BCUT2D eigenvalue weighted by Crippen LogP contribution is -2.42. The van der Waals surface area contributed by atoms with Crippen LogP contribution in [0.15, 0.2) is 48.7 Å². The monoisotopic (exact) mass is 435 g/mol. The highest BCUT2D eigenvalue weighted by Gasteiger charge is 2.30. The van der Waals surface area contributed by atoms with E-state index in [9.17, 15) is 9.59 Å². The molecule has 1 saturated heterocycles. The molecule has 2 aromatic heterocycles. The molecule has 0 spiro atoms. The molecule has 1 aromatic carbocycles. The van der Waals surface area contributed by atoms with E-state index >= 15 is 0 Å². The van der Waals surface area contributed by atoms with Crippen LogP contribution in [-0.2, 0) is 6.42 Å². The number of carbonyl (C=O) groups excluding carboxylic acids is 2. The number of benzene rings is 1. The molecule has 0 aliphatic carbocycles. The number of hydrogen-bond donors (Lipinski definition) is 1. The Labute approximate surface area is 187 Å². The van der Waals surface area contributed by atoms with E-state index in [1.165, 1.54) is 0 Å². The molecule has 1 N–H and O–H groups in total. The van der Waals surface area contributed by atoms with Gasteiger partial charge in [-0.1, -0.05) is 37.1 Å². The number of thiophene rings is 1. The molecule has 2 amide bonds. The highest BCUT2D eigenvalue weighted by atomic mass is 32.1. The van der Waals surface area contributed by atoms with E-state index in [1.807, 2.05) is 43.0 Å². The first-order valence-corrected chi connectivity index (χ1v) is 11.9. The van der Waals surface area contributed by atoms with Gasteiger partial charge in [-0.25, -0.2) is 0 Å². The number of nitrogens with zero attached hydrogens (tertiary/aromatic N) is 2. The molecule has 0 bridgehead atoms. The van der Waals surface area contributed by atoms with Gasteiger partial charge in [-0.2, -0.15) is 0 Å². The standard InChI is InChI=1S/C25H29N3O2S/c1-17(2)27-24(29)23-20(19-11-5-6-13-22(19)31-23)16-18-10-4-3-9-15-28(18)25(30)21-12-7-8-14-26-21/h5-8,11-14,17-18H,3-4,9-10,15-16H2,1-2H3,(H,27,29)/t18-/m0/s1. The molecule has 31 heavy (non-hydrogen) atoms. The molecule has 162 valence electrons. The topological polar surface area (TPSA) is 62.3 Å². The van der Waals surface area contributed by atoms with E-state index in [2.05, 4.69) is 22.4 Å². The van der Waals surface area contributed by atoms with Crippen LogP contribution < -0.4 is 5.32 Å². The van der Waals surface area contributed by atoms with Crippen molar-refractivity contribution in [2.24, 2.45) is 0 Å². The van der Waals surface area contributed by atoms with Crippen molar-refractivity contribution in [3.05, 3.63) is 64.8 Å². The third-order valence-electron chi connectivity index (χ3n) is 5.79. The summed E-state index contributed by atoms with van der Waals surface area (Å²) in [6.45, 7) is 4.68. The molecular formula is C25H29N3O2S. The van der Waals surface area contributed by atoms with E-state index in [1.54, 1.807) is 23.6 Å². The molecule has 3 heterocycles. The third-order valence-corrected chi connectivity index (χ3v) is 7.00. The highest BCUT2D eigenvalue weighted by Crippen LogP contribution is 2.34. The number of likely N-dealkylation sites (tertiary alicyclic amines) is 1. The normalized spacial score (nSPS) is 17.0. The fourth-order valence-corrected chi connectivity index (χ4v) is 5.48. The van der Waals surface area contributed by atoms with Gasteiger partial charge in [-0.05, 0) is 62.3 Å². The fourth-order valence-electron chi connectivity index (χ4n) is 4.34. The number of amides is 2. The number of hydrogen-bond acceptors (Lipinski definition) is 4. The van der Waals surface area contributed by atoms with Gasteiger partial charge >= 0.3 is 0 Å². The Balaban J connectivity index is 1.70. The smallest absolute Gasteiger partial charge is 0.272 e. The van der Waals surface area contributed by atoms with Gasteiger partial charge in [0.15, 0.2) is 0 Å². The molecule has 3 aromatic rings. The van der Waals surface area contributed by atoms with Crippen LogP contribution in [0.5, 0.6) is 0 Å². The summed E-state index contributed by atoms with van der Waals surface area (Å²) >= 11 is 1.55. The lowest BCUT2D eigenvalue weighted by Gasteiger charge is -2.30. The Hall–Kier alpha value is -2.73. The van der Waals surface area contributed by atoms with Gasteiger partial charge in [0.25, 0.3) is 11.8 Å². The quantitative estimate of drug-likeness (QED) is 0.609. The first-order valence-electron chi connectivity index (χ1n) is 11.1.